The maximum Gasteiger partial charge on any atom is 0.416 e. The molecule has 1 saturated carbocycles. The van der Waals surface area contributed by atoms with Crippen LogP contribution in [0.15, 0.2) is 72.8 Å². The maximum atomic E-state index is 15.3. The summed E-state index contributed by atoms with van der Waals surface area (Å²) in [7, 11) is 0. The van der Waals surface area contributed by atoms with Crippen molar-refractivity contribution in [2.75, 3.05) is 15.5 Å². The van der Waals surface area contributed by atoms with E-state index in [1.807, 2.05) is 0 Å². The molecular formula is C37H33F6N3O2. The van der Waals surface area contributed by atoms with Gasteiger partial charge < -0.3 is 10.6 Å². The minimum Gasteiger partial charge on any atom is -0.382 e. The number of hydrogen-bond donors (Lipinski definition) is 2. The summed E-state index contributed by atoms with van der Waals surface area (Å²) in [5.41, 5.74) is 0.170. The molecule has 2 N–H and O–H groups in total. The maximum absolute atomic E-state index is 15.3. The van der Waals surface area contributed by atoms with Gasteiger partial charge in [0.15, 0.2) is 11.6 Å². The average molecular weight is 666 g/mol. The highest BCUT2D eigenvalue weighted by molar-refractivity contribution is 6.09. The molecule has 0 aromatic heterocycles. The van der Waals surface area contributed by atoms with Crippen molar-refractivity contribution in [3.05, 3.63) is 124 Å². The third-order valence-corrected chi connectivity index (χ3v) is 9.26. The van der Waals surface area contributed by atoms with Crippen LogP contribution in [0.5, 0.6) is 0 Å². The van der Waals surface area contributed by atoms with Crippen LogP contribution in [0, 0.1) is 37.2 Å². The summed E-state index contributed by atoms with van der Waals surface area (Å²) >= 11 is 0. The molecule has 0 radical (unpaired) electrons. The van der Waals surface area contributed by atoms with Gasteiger partial charge in [0.25, 0.3) is 5.91 Å². The minimum atomic E-state index is -4.67. The Morgan fingerprint density at radius 3 is 2.12 bits per heavy atom. The fraction of sp³-hybridized carbons (Fsp3) is 0.297. The Bertz CT molecular complexity index is 1850. The Hall–Kier alpha value is -4.80. The van der Waals surface area contributed by atoms with Crippen LogP contribution >= 0.6 is 0 Å². The van der Waals surface area contributed by atoms with E-state index in [4.69, 9.17) is 0 Å². The summed E-state index contributed by atoms with van der Waals surface area (Å²) in [5.74, 6) is -6.15. The number of hydrogen-bond acceptors (Lipinski definition) is 3. The van der Waals surface area contributed by atoms with Crippen LogP contribution in [-0.4, -0.2) is 17.9 Å². The van der Waals surface area contributed by atoms with E-state index >= 15 is 4.39 Å². The lowest BCUT2D eigenvalue weighted by Gasteiger charge is -2.42. The fourth-order valence-corrected chi connectivity index (χ4v) is 6.84. The second-order valence-corrected chi connectivity index (χ2v) is 12.5. The third kappa shape index (κ3) is 6.50. The number of nitrogens with zero attached hydrogens (tertiary/aromatic N) is 1. The van der Waals surface area contributed by atoms with E-state index in [2.05, 4.69) is 10.6 Å². The van der Waals surface area contributed by atoms with E-state index in [0.717, 1.165) is 60.5 Å². The van der Waals surface area contributed by atoms with Crippen molar-refractivity contribution in [1.82, 2.24) is 0 Å². The summed E-state index contributed by atoms with van der Waals surface area (Å²) in [4.78, 5) is 29.6. The van der Waals surface area contributed by atoms with Crippen molar-refractivity contribution in [1.29, 1.82) is 0 Å². The van der Waals surface area contributed by atoms with Crippen molar-refractivity contribution < 1.29 is 35.9 Å². The minimum absolute atomic E-state index is 0.0363. The Kier molecular flexibility index (Phi) is 8.98. The van der Waals surface area contributed by atoms with Gasteiger partial charge in [0.2, 0.25) is 5.91 Å². The molecule has 2 atom stereocenters. The van der Waals surface area contributed by atoms with Gasteiger partial charge in [-0.15, -0.1) is 0 Å². The highest BCUT2D eigenvalue weighted by atomic mass is 19.4. The number of carbonyl (C=O) groups excluding carboxylic acids is 2. The molecule has 0 bridgehead atoms. The van der Waals surface area contributed by atoms with Crippen LogP contribution in [0.1, 0.15) is 69.9 Å². The van der Waals surface area contributed by atoms with Crippen LogP contribution in [0.2, 0.25) is 0 Å². The highest BCUT2D eigenvalue weighted by Gasteiger charge is 2.44. The smallest absolute Gasteiger partial charge is 0.382 e. The van der Waals surface area contributed by atoms with Crippen LogP contribution in [-0.2, 0) is 17.4 Å². The van der Waals surface area contributed by atoms with Crippen molar-refractivity contribution in [2.45, 2.75) is 64.2 Å². The van der Waals surface area contributed by atoms with Gasteiger partial charge in [0, 0.05) is 23.5 Å². The molecule has 1 heterocycles. The molecule has 250 valence electrons. The topological polar surface area (TPSA) is 61.4 Å². The summed E-state index contributed by atoms with van der Waals surface area (Å²) in [6, 6.07) is 15.3. The molecule has 4 aromatic rings. The molecule has 1 fully saturated rings. The molecule has 1 aliphatic carbocycles. The number of fused-ring (bicyclic) bond motifs is 1. The number of aryl methyl sites for hydroxylation is 2. The fourth-order valence-electron chi connectivity index (χ4n) is 6.84. The molecule has 48 heavy (non-hydrogen) atoms. The normalized spacial score (nSPS) is 18.0. The number of anilines is 3. The molecule has 11 heteroatoms. The summed E-state index contributed by atoms with van der Waals surface area (Å²) in [5, 5.41) is 6.03. The number of amides is 2. The standard InChI is InChI=1S/C37H33F6N3O2/c1-20-10-13-26(18-28(20)37(41,42)43)45-35(47)27-16-23-17-30(39)31(40)19-32(23)46(36(48)33-21(2)6-5-9-29(33)38)34(27)22-11-14-25(15-12-22)44-24-7-3-4-8-24/h5-6,9-15,17-19,24,27,34,44H,3-4,7-8,16H2,1-2H3,(H,45,47)/t27-,34?/m0/s1. The van der Waals surface area contributed by atoms with Crippen molar-refractivity contribution >= 4 is 28.9 Å². The Labute approximate surface area is 274 Å². The molecule has 2 amide bonds. The van der Waals surface area contributed by atoms with E-state index in [-0.39, 0.29) is 40.0 Å². The van der Waals surface area contributed by atoms with Crippen molar-refractivity contribution in [3.63, 3.8) is 0 Å². The van der Waals surface area contributed by atoms with Gasteiger partial charge in [-0.25, -0.2) is 13.2 Å². The van der Waals surface area contributed by atoms with E-state index in [1.54, 1.807) is 24.3 Å². The lowest BCUT2D eigenvalue weighted by Crippen LogP contribution is -2.47. The predicted molar refractivity (Wildman–Crippen MR) is 171 cm³/mol. The molecule has 1 aliphatic heterocycles. The van der Waals surface area contributed by atoms with E-state index in [9.17, 15) is 31.5 Å². The average Bonchev–Trinajstić information content (AvgIpc) is 3.54. The molecule has 0 saturated heterocycles. The summed E-state index contributed by atoms with van der Waals surface area (Å²) < 4.78 is 85.9. The molecule has 6 rings (SSSR count). The number of carbonyl (C=O) groups is 2. The zero-order chi connectivity index (χ0) is 34.3. The first-order valence-electron chi connectivity index (χ1n) is 15.7. The second kappa shape index (κ2) is 13.0. The van der Waals surface area contributed by atoms with Crippen LogP contribution in [0.25, 0.3) is 0 Å². The molecule has 0 spiro atoms. The van der Waals surface area contributed by atoms with Crippen LogP contribution in [0.4, 0.5) is 43.4 Å². The first-order valence-corrected chi connectivity index (χ1v) is 15.7. The largest absolute Gasteiger partial charge is 0.416 e. The summed E-state index contributed by atoms with van der Waals surface area (Å²) in [6.45, 7) is 2.83. The lowest BCUT2D eigenvalue weighted by atomic mass is 9.80. The SMILES string of the molecule is Cc1ccc(NC(=O)[C@H]2Cc3cc(F)c(F)cc3N(C(=O)c3c(C)cccc3F)C2c2ccc(NC3CCCC3)cc2)cc1C(F)(F)F. The van der Waals surface area contributed by atoms with Gasteiger partial charge in [0.1, 0.15) is 5.82 Å². The lowest BCUT2D eigenvalue weighted by molar-refractivity contribution is -0.138. The third-order valence-electron chi connectivity index (χ3n) is 9.26. The van der Waals surface area contributed by atoms with Crippen molar-refractivity contribution in [2.24, 2.45) is 5.92 Å². The predicted octanol–water partition coefficient (Wildman–Crippen LogP) is 9.29. The number of rotatable bonds is 6. The monoisotopic (exact) mass is 665 g/mol. The zero-order valence-electron chi connectivity index (χ0n) is 26.2. The van der Waals surface area contributed by atoms with Crippen molar-refractivity contribution in [3.8, 4) is 0 Å². The van der Waals surface area contributed by atoms with E-state index < -0.39 is 53.0 Å². The van der Waals surface area contributed by atoms with Gasteiger partial charge in [0.05, 0.1) is 28.8 Å². The molecule has 2 aliphatic rings. The quantitative estimate of drug-likeness (QED) is 0.202. The Balaban J connectivity index is 1.48. The molecule has 5 nitrogen and oxygen atoms in total. The van der Waals surface area contributed by atoms with Gasteiger partial charge in [-0.1, -0.05) is 43.2 Å². The Morgan fingerprint density at radius 1 is 0.792 bits per heavy atom. The van der Waals surface area contributed by atoms with Gasteiger partial charge >= 0.3 is 6.18 Å². The van der Waals surface area contributed by atoms with Crippen LogP contribution < -0.4 is 15.5 Å². The highest BCUT2D eigenvalue weighted by Crippen LogP contribution is 2.45. The molecular weight excluding hydrogens is 632 g/mol. The van der Waals surface area contributed by atoms with E-state index in [1.165, 1.54) is 38.1 Å². The van der Waals surface area contributed by atoms with Gasteiger partial charge in [-0.3, -0.25) is 14.5 Å². The zero-order valence-corrected chi connectivity index (χ0v) is 26.2. The number of benzene rings is 4. The molecule has 4 aromatic carbocycles. The Morgan fingerprint density at radius 2 is 1.46 bits per heavy atom. The van der Waals surface area contributed by atoms with E-state index in [0.29, 0.717) is 11.6 Å². The van der Waals surface area contributed by atoms with Gasteiger partial charge in [-0.05, 0) is 91.8 Å². The second-order valence-electron chi connectivity index (χ2n) is 12.5. The molecule has 1 unspecified atom stereocenters. The number of alkyl halides is 3. The van der Waals surface area contributed by atoms with Gasteiger partial charge in [-0.2, -0.15) is 13.2 Å². The first-order chi connectivity index (χ1) is 22.8. The number of halogens is 6. The van der Waals surface area contributed by atoms with Crippen LogP contribution in [0.3, 0.4) is 0 Å². The first kappa shape index (κ1) is 33.1. The number of nitrogens with one attached hydrogen (secondary N) is 2. The summed E-state index contributed by atoms with van der Waals surface area (Å²) in [6.07, 6.45) is -0.598.